The molecule has 3 heteroatoms. The molecule has 114 valence electrons. The minimum Gasteiger partial charge on any atom is -0.371 e. The second-order valence-electron chi connectivity index (χ2n) is 6.63. The third-order valence-electron chi connectivity index (χ3n) is 4.93. The molecule has 1 amide bonds. The summed E-state index contributed by atoms with van der Waals surface area (Å²) in [6, 6.07) is 10.5. The van der Waals surface area contributed by atoms with E-state index in [2.05, 4.69) is 47.1 Å². The number of piperidine rings is 2. The van der Waals surface area contributed by atoms with Gasteiger partial charge in [-0.15, -0.1) is 0 Å². The van der Waals surface area contributed by atoms with Crippen molar-refractivity contribution in [1.82, 2.24) is 4.90 Å². The first-order chi connectivity index (χ1) is 10.2. The number of benzene rings is 1. The van der Waals surface area contributed by atoms with Crippen LogP contribution in [0.25, 0.3) is 0 Å². The second-order valence-corrected chi connectivity index (χ2v) is 6.63. The second kappa shape index (κ2) is 6.50. The Morgan fingerprint density at radius 2 is 1.76 bits per heavy atom. The Morgan fingerprint density at radius 3 is 2.43 bits per heavy atom. The molecular formula is C18H26N2O. The zero-order valence-electron chi connectivity index (χ0n) is 13.0. The van der Waals surface area contributed by atoms with Crippen molar-refractivity contribution in [3.05, 3.63) is 30.3 Å². The quantitative estimate of drug-likeness (QED) is 0.834. The highest BCUT2D eigenvalue weighted by atomic mass is 16.2. The normalized spacial score (nSPS) is 24.1. The first-order valence-corrected chi connectivity index (χ1v) is 8.33. The minimum absolute atomic E-state index is 0.246. The molecule has 2 fully saturated rings. The molecule has 0 bridgehead atoms. The van der Waals surface area contributed by atoms with Gasteiger partial charge in [-0.1, -0.05) is 25.1 Å². The molecule has 0 radical (unpaired) electrons. The summed E-state index contributed by atoms with van der Waals surface area (Å²) < 4.78 is 0. The zero-order chi connectivity index (χ0) is 14.7. The highest BCUT2D eigenvalue weighted by Crippen LogP contribution is 2.26. The summed E-state index contributed by atoms with van der Waals surface area (Å²) >= 11 is 0. The van der Waals surface area contributed by atoms with Crippen molar-refractivity contribution >= 4 is 11.6 Å². The van der Waals surface area contributed by atoms with Gasteiger partial charge in [0.15, 0.2) is 0 Å². The lowest BCUT2D eigenvalue weighted by atomic mass is 9.92. The van der Waals surface area contributed by atoms with Crippen molar-refractivity contribution in [2.45, 2.75) is 32.6 Å². The summed E-state index contributed by atoms with van der Waals surface area (Å²) in [5.41, 5.74) is 1.29. The predicted molar refractivity (Wildman–Crippen MR) is 86.4 cm³/mol. The SMILES string of the molecule is CC1CCCN(C(=O)C2CCN(c3ccccc3)CC2)C1. The number of hydrogen-bond acceptors (Lipinski definition) is 2. The van der Waals surface area contributed by atoms with Gasteiger partial charge in [0.05, 0.1) is 0 Å². The summed E-state index contributed by atoms with van der Waals surface area (Å²) in [6.07, 6.45) is 4.45. The summed E-state index contributed by atoms with van der Waals surface area (Å²) in [4.78, 5) is 17.2. The molecule has 0 spiro atoms. The third kappa shape index (κ3) is 3.39. The minimum atomic E-state index is 0.246. The van der Waals surface area contributed by atoms with Crippen molar-refractivity contribution < 1.29 is 4.79 Å². The lowest BCUT2D eigenvalue weighted by Crippen LogP contribution is -2.46. The first kappa shape index (κ1) is 14.4. The predicted octanol–water partition coefficient (Wildman–Crippen LogP) is 3.16. The van der Waals surface area contributed by atoms with Gasteiger partial charge in [0, 0.05) is 37.8 Å². The van der Waals surface area contributed by atoms with Gasteiger partial charge in [-0.3, -0.25) is 4.79 Å². The van der Waals surface area contributed by atoms with Gasteiger partial charge >= 0.3 is 0 Å². The summed E-state index contributed by atoms with van der Waals surface area (Å²) in [5, 5.41) is 0. The average molecular weight is 286 g/mol. The van der Waals surface area contributed by atoms with Gasteiger partial charge in [0.25, 0.3) is 0 Å². The first-order valence-electron chi connectivity index (χ1n) is 8.33. The van der Waals surface area contributed by atoms with E-state index < -0.39 is 0 Å². The highest BCUT2D eigenvalue weighted by molar-refractivity contribution is 5.79. The summed E-state index contributed by atoms with van der Waals surface area (Å²) in [7, 11) is 0. The van der Waals surface area contributed by atoms with E-state index >= 15 is 0 Å². The number of rotatable bonds is 2. The molecule has 2 saturated heterocycles. The number of hydrogen-bond donors (Lipinski definition) is 0. The molecule has 2 aliphatic heterocycles. The van der Waals surface area contributed by atoms with Crippen LogP contribution in [-0.2, 0) is 4.79 Å². The van der Waals surface area contributed by atoms with Crippen LogP contribution in [0.1, 0.15) is 32.6 Å². The van der Waals surface area contributed by atoms with Crippen LogP contribution in [-0.4, -0.2) is 37.0 Å². The molecule has 2 aliphatic rings. The maximum Gasteiger partial charge on any atom is 0.225 e. The monoisotopic (exact) mass is 286 g/mol. The smallest absolute Gasteiger partial charge is 0.225 e. The zero-order valence-corrected chi connectivity index (χ0v) is 13.0. The fourth-order valence-corrected chi connectivity index (χ4v) is 3.67. The van der Waals surface area contributed by atoms with E-state index in [1.807, 2.05) is 0 Å². The van der Waals surface area contributed by atoms with E-state index in [1.165, 1.54) is 18.5 Å². The summed E-state index contributed by atoms with van der Waals surface area (Å²) in [6.45, 7) is 6.21. The number of para-hydroxylation sites is 1. The molecule has 0 aliphatic carbocycles. The Morgan fingerprint density at radius 1 is 1.05 bits per heavy atom. The molecule has 21 heavy (non-hydrogen) atoms. The molecule has 1 aromatic carbocycles. The van der Waals surface area contributed by atoms with Crippen LogP contribution in [0.2, 0.25) is 0 Å². The van der Waals surface area contributed by atoms with Gasteiger partial charge in [-0.25, -0.2) is 0 Å². The fraction of sp³-hybridized carbons (Fsp3) is 0.611. The van der Waals surface area contributed by atoms with E-state index in [9.17, 15) is 4.79 Å². The van der Waals surface area contributed by atoms with E-state index in [0.717, 1.165) is 39.0 Å². The van der Waals surface area contributed by atoms with Gasteiger partial charge in [-0.05, 0) is 43.7 Å². The van der Waals surface area contributed by atoms with Crippen LogP contribution in [0.3, 0.4) is 0 Å². The molecule has 1 atom stereocenters. The van der Waals surface area contributed by atoms with Crippen LogP contribution in [0.4, 0.5) is 5.69 Å². The molecule has 3 nitrogen and oxygen atoms in total. The fourth-order valence-electron chi connectivity index (χ4n) is 3.67. The van der Waals surface area contributed by atoms with Crippen LogP contribution in [0.15, 0.2) is 30.3 Å². The number of carbonyl (C=O) groups excluding carboxylic acids is 1. The molecule has 1 aromatic rings. The van der Waals surface area contributed by atoms with Crippen molar-refractivity contribution in [3.63, 3.8) is 0 Å². The molecule has 3 rings (SSSR count). The standard InChI is InChI=1S/C18H26N2O/c1-15-6-5-11-20(14-15)18(21)16-9-12-19(13-10-16)17-7-3-2-4-8-17/h2-4,7-8,15-16H,5-6,9-14H2,1H3. The van der Waals surface area contributed by atoms with Gasteiger partial charge in [0.1, 0.15) is 0 Å². The summed E-state index contributed by atoms with van der Waals surface area (Å²) in [5.74, 6) is 1.33. The number of anilines is 1. The molecule has 0 aromatic heterocycles. The van der Waals surface area contributed by atoms with Crippen molar-refractivity contribution in [2.75, 3.05) is 31.1 Å². The van der Waals surface area contributed by atoms with Gasteiger partial charge in [0.2, 0.25) is 5.91 Å². The Bertz CT molecular complexity index is 465. The maximum atomic E-state index is 12.6. The molecule has 0 saturated carbocycles. The van der Waals surface area contributed by atoms with Gasteiger partial charge < -0.3 is 9.80 Å². The lowest BCUT2D eigenvalue weighted by Gasteiger charge is -2.37. The van der Waals surface area contributed by atoms with E-state index in [1.54, 1.807) is 0 Å². The van der Waals surface area contributed by atoms with E-state index in [0.29, 0.717) is 11.8 Å². The number of carbonyl (C=O) groups is 1. The Kier molecular flexibility index (Phi) is 4.47. The Hall–Kier alpha value is -1.51. The van der Waals surface area contributed by atoms with Crippen molar-refractivity contribution in [3.8, 4) is 0 Å². The highest BCUT2D eigenvalue weighted by Gasteiger charge is 2.30. The van der Waals surface area contributed by atoms with Crippen LogP contribution in [0, 0.1) is 11.8 Å². The number of nitrogens with zero attached hydrogens (tertiary/aromatic N) is 2. The molecule has 0 N–H and O–H groups in total. The topological polar surface area (TPSA) is 23.6 Å². The van der Waals surface area contributed by atoms with Crippen LogP contribution in [0.5, 0.6) is 0 Å². The van der Waals surface area contributed by atoms with Crippen LogP contribution < -0.4 is 4.90 Å². The Labute approximate surface area is 127 Å². The van der Waals surface area contributed by atoms with Crippen molar-refractivity contribution in [1.29, 1.82) is 0 Å². The number of amides is 1. The average Bonchev–Trinajstić information content (AvgIpc) is 2.55. The van der Waals surface area contributed by atoms with Gasteiger partial charge in [-0.2, -0.15) is 0 Å². The molecule has 2 heterocycles. The van der Waals surface area contributed by atoms with E-state index in [-0.39, 0.29) is 5.92 Å². The number of likely N-dealkylation sites (tertiary alicyclic amines) is 1. The molecule has 1 unspecified atom stereocenters. The van der Waals surface area contributed by atoms with Crippen molar-refractivity contribution in [2.24, 2.45) is 11.8 Å². The lowest BCUT2D eigenvalue weighted by molar-refractivity contribution is -0.137. The largest absolute Gasteiger partial charge is 0.371 e. The molecular weight excluding hydrogens is 260 g/mol. The maximum absolute atomic E-state index is 12.6. The third-order valence-corrected chi connectivity index (χ3v) is 4.93. The Balaban J connectivity index is 1.54. The van der Waals surface area contributed by atoms with Crippen LogP contribution >= 0.6 is 0 Å². The van der Waals surface area contributed by atoms with E-state index in [4.69, 9.17) is 0 Å².